The molecule has 1 amide bonds. The molecule has 18 heavy (non-hydrogen) atoms. The smallest absolute Gasteiger partial charge is 0.241 e. The zero-order valence-electron chi connectivity index (χ0n) is 12.3. The number of rotatable bonds is 5. The molecule has 3 nitrogen and oxygen atoms in total. The van der Waals surface area contributed by atoms with Crippen LogP contribution in [0.2, 0.25) is 0 Å². The van der Waals surface area contributed by atoms with Crippen LogP contribution < -0.4 is 5.32 Å². The molecule has 0 aromatic rings. The van der Waals surface area contributed by atoms with Gasteiger partial charge in [-0.3, -0.25) is 10.1 Å². The number of carbonyl (C=O) groups is 1. The van der Waals surface area contributed by atoms with Crippen LogP contribution in [0.4, 0.5) is 0 Å². The van der Waals surface area contributed by atoms with E-state index in [0.717, 1.165) is 19.4 Å². The molecule has 0 aromatic carbocycles. The third-order valence-corrected chi connectivity index (χ3v) is 4.57. The van der Waals surface area contributed by atoms with Gasteiger partial charge in [0.15, 0.2) is 0 Å². The van der Waals surface area contributed by atoms with Crippen molar-refractivity contribution in [1.82, 2.24) is 10.2 Å². The van der Waals surface area contributed by atoms with E-state index in [1.54, 1.807) is 0 Å². The second-order valence-corrected chi connectivity index (χ2v) is 6.90. The number of nitrogens with one attached hydrogen (secondary N) is 1. The minimum Gasteiger partial charge on any atom is -0.325 e. The Hall–Kier alpha value is -0.570. The first-order valence-corrected chi connectivity index (χ1v) is 7.52. The maximum Gasteiger partial charge on any atom is 0.241 e. The molecule has 1 heterocycles. The molecule has 2 atom stereocenters. The lowest BCUT2D eigenvalue weighted by Crippen LogP contribution is -2.46. The third-order valence-electron chi connectivity index (χ3n) is 4.57. The SMILES string of the molecule is CCC1NC(CC(C)C)N(CC2(C)CCC2)C1=O. The summed E-state index contributed by atoms with van der Waals surface area (Å²) in [6.45, 7) is 9.84. The van der Waals surface area contributed by atoms with Crippen LogP contribution in [-0.4, -0.2) is 29.6 Å². The van der Waals surface area contributed by atoms with Crippen LogP contribution >= 0.6 is 0 Å². The van der Waals surface area contributed by atoms with Crippen LogP contribution in [0.15, 0.2) is 0 Å². The minimum atomic E-state index is 0.0532. The Labute approximate surface area is 111 Å². The van der Waals surface area contributed by atoms with Gasteiger partial charge in [-0.1, -0.05) is 34.1 Å². The highest BCUT2D eigenvalue weighted by Crippen LogP contribution is 2.42. The van der Waals surface area contributed by atoms with Crippen LogP contribution in [0.5, 0.6) is 0 Å². The molecule has 0 aromatic heterocycles. The first-order chi connectivity index (χ1) is 8.45. The lowest BCUT2D eigenvalue weighted by molar-refractivity contribution is -0.132. The zero-order valence-corrected chi connectivity index (χ0v) is 12.3. The Bertz CT molecular complexity index is 310. The summed E-state index contributed by atoms with van der Waals surface area (Å²) < 4.78 is 0. The van der Waals surface area contributed by atoms with Gasteiger partial charge in [0, 0.05) is 6.54 Å². The molecule has 2 rings (SSSR count). The average Bonchev–Trinajstić information content (AvgIpc) is 2.54. The summed E-state index contributed by atoms with van der Waals surface area (Å²) in [6.07, 6.45) is 6.13. The highest BCUT2D eigenvalue weighted by Gasteiger charge is 2.43. The Morgan fingerprint density at radius 2 is 2.11 bits per heavy atom. The molecule has 1 aliphatic heterocycles. The van der Waals surface area contributed by atoms with E-state index < -0.39 is 0 Å². The van der Waals surface area contributed by atoms with Crippen molar-refractivity contribution in [3.05, 3.63) is 0 Å². The molecule has 2 aliphatic rings. The Morgan fingerprint density at radius 1 is 1.44 bits per heavy atom. The highest BCUT2D eigenvalue weighted by molar-refractivity contribution is 5.84. The van der Waals surface area contributed by atoms with Gasteiger partial charge in [0.25, 0.3) is 0 Å². The lowest BCUT2D eigenvalue weighted by atomic mass is 9.70. The van der Waals surface area contributed by atoms with Crippen LogP contribution in [-0.2, 0) is 4.79 Å². The van der Waals surface area contributed by atoms with Gasteiger partial charge in [-0.05, 0) is 37.0 Å². The van der Waals surface area contributed by atoms with Gasteiger partial charge in [-0.15, -0.1) is 0 Å². The molecule has 0 bridgehead atoms. The predicted molar refractivity (Wildman–Crippen MR) is 74.1 cm³/mol. The van der Waals surface area contributed by atoms with E-state index in [4.69, 9.17) is 0 Å². The first kappa shape index (κ1) is 13.9. The van der Waals surface area contributed by atoms with E-state index in [1.165, 1.54) is 19.3 Å². The fraction of sp³-hybridized carbons (Fsp3) is 0.933. The van der Waals surface area contributed by atoms with Gasteiger partial charge in [-0.25, -0.2) is 0 Å². The van der Waals surface area contributed by atoms with Crippen molar-refractivity contribution in [3.8, 4) is 0 Å². The van der Waals surface area contributed by atoms with Gasteiger partial charge < -0.3 is 4.90 Å². The van der Waals surface area contributed by atoms with Crippen molar-refractivity contribution in [2.75, 3.05) is 6.54 Å². The molecule has 0 spiro atoms. The van der Waals surface area contributed by atoms with Gasteiger partial charge in [0.2, 0.25) is 5.91 Å². The molecule has 3 heteroatoms. The van der Waals surface area contributed by atoms with Crippen molar-refractivity contribution >= 4 is 5.91 Å². The topological polar surface area (TPSA) is 32.3 Å². The van der Waals surface area contributed by atoms with Crippen LogP contribution in [0.1, 0.15) is 59.8 Å². The van der Waals surface area contributed by atoms with E-state index in [0.29, 0.717) is 17.2 Å². The summed E-state index contributed by atoms with van der Waals surface area (Å²) in [7, 11) is 0. The average molecular weight is 252 g/mol. The third kappa shape index (κ3) is 2.71. The second kappa shape index (κ2) is 5.20. The Kier molecular flexibility index (Phi) is 4.00. The van der Waals surface area contributed by atoms with Gasteiger partial charge in [0.1, 0.15) is 0 Å². The molecule has 2 unspecified atom stereocenters. The fourth-order valence-corrected chi connectivity index (χ4v) is 3.22. The first-order valence-electron chi connectivity index (χ1n) is 7.52. The number of nitrogens with zero attached hydrogens (tertiary/aromatic N) is 1. The molecule has 1 aliphatic carbocycles. The summed E-state index contributed by atoms with van der Waals surface area (Å²) in [5.41, 5.74) is 0.384. The number of carbonyl (C=O) groups excluding carboxylic acids is 1. The largest absolute Gasteiger partial charge is 0.325 e. The van der Waals surface area contributed by atoms with Crippen LogP contribution in [0.3, 0.4) is 0 Å². The Balaban J connectivity index is 2.04. The van der Waals surface area contributed by atoms with Gasteiger partial charge in [0.05, 0.1) is 12.2 Å². The number of hydrogen-bond donors (Lipinski definition) is 1. The zero-order chi connectivity index (χ0) is 13.3. The van der Waals surface area contributed by atoms with Crippen molar-refractivity contribution < 1.29 is 4.79 Å². The molecule has 1 saturated heterocycles. The summed E-state index contributed by atoms with van der Waals surface area (Å²) in [5, 5.41) is 3.52. The summed E-state index contributed by atoms with van der Waals surface area (Å²) in [5.74, 6) is 0.957. The number of hydrogen-bond acceptors (Lipinski definition) is 2. The summed E-state index contributed by atoms with van der Waals surface area (Å²) in [4.78, 5) is 14.5. The maximum atomic E-state index is 12.4. The maximum absolute atomic E-state index is 12.4. The molecule has 0 radical (unpaired) electrons. The Morgan fingerprint density at radius 3 is 2.56 bits per heavy atom. The monoisotopic (exact) mass is 252 g/mol. The van der Waals surface area contributed by atoms with E-state index >= 15 is 0 Å². The molecule has 1 N–H and O–H groups in total. The lowest BCUT2D eigenvalue weighted by Gasteiger charge is -2.42. The molecule has 1 saturated carbocycles. The van der Waals surface area contributed by atoms with Crippen LogP contribution in [0, 0.1) is 11.3 Å². The second-order valence-electron chi connectivity index (χ2n) is 6.90. The predicted octanol–water partition coefficient (Wildman–Crippen LogP) is 2.76. The van der Waals surface area contributed by atoms with E-state index in [-0.39, 0.29) is 12.2 Å². The molecular weight excluding hydrogens is 224 g/mol. The summed E-state index contributed by atoms with van der Waals surface area (Å²) >= 11 is 0. The standard InChI is InChI=1S/C15H28N2O/c1-5-12-14(18)17(10-15(4)7-6-8-15)13(16-12)9-11(2)3/h11-13,16H,5-10H2,1-4H3. The molecule has 2 fully saturated rings. The highest BCUT2D eigenvalue weighted by atomic mass is 16.2. The van der Waals surface area contributed by atoms with Gasteiger partial charge in [-0.2, -0.15) is 0 Å². The summed E-state index contributed by atoms with van der Waals surface area (Å²) in [6, 6.07) is 0.0532. The molecular formula is C15H28N2O. The number of amides is 1. The van der Waals surface area contributed by atoms with Crippen molar-refractivity contribution in [1.29, 1.82) is 0 Å². The van der Waals surface area contributed by atoms with Crippen molar-refractivity contribution in [2.45, 2.75) is 72.0 Å². The van der Waals surface area contributed by atoms with E-state index in [1.807, 2.05) is 0 Å². The minimum absolute atomic E-state index is 0.0532. The van der Waals surface area contributed by atoms with Crippen LogP contribution in [0.25, 0.3) is 0 Å². The van der Waals surface area contributed by atoms with Crippen molar-refractivity contribution in [3.63, 3.8) is 0 Å². The van der Waals surface area contributed by atoms with E-state index in [9.17, 15) is 4.79 Å². The van der Waals surface area contributed by atoms with Gasteiger partial charge >= 0.3 is 0 Å². The normalized spacial score (nSPS) is 30.9. The molecule has 104 valence electrons. The quantitative estimate of drug-likeness (QED) is 0.816. The fourth-order valence-electron chi connectivity index (χ4n) is 3.22. The van der Waals surface area contributed by atoms with E-state index in [2.05, 4.69) is 37.9 Å². The van der Waals surface area contributed by atoms with Crippen molar-refractivity contribution in [2.24, 2.45) is 11.3 Å².